The predicted molar refractivity (Wildman–Crippen MR) is 105 cm³/mol. The molecule has 26 heavy (non-hydrogen) atoms. The molecule has 0 bridgehead atoms. The van der Waals surface area contributed by atoms with E-state index in [1.54, 1.807) is 0 Å². The second-order valence-electron chi connectivity index (χ2n) is 8.06. The molecular formula is C22H40O4. The van der Waals surface area contributed by atoms with E-state index in [1.807, 2.05) is 6.92 Å². The van der Waals surface area contributed by atoms with Gasteiger partial charge in [-0.1, -0.05) is 72.6 Å². The Hall–Kier alpha value is -1.06. The minimum atomic E-state index is -0.325. The van der Waals surface area contributed by atoms with Crippen LogP contribution in [0.2, 0.25) is 0 Å². The summed E-state index contributed by atoms with van der Waals surface area (Å²) in [5.41, 5.74) is 0. The minimum absolute atomic E-state index is 0.0655. The Labute approximate surface area is 160 Å². The summed E-state index contributed by atoms with van der Waals surface area (Å²) in [5.74, 6) is -0.746. The molecule has 1 rings (SSSR count). The molecule has 0 aliphatic heterocycles. The van der Waals surface area contributed by atoms with E-state index in [1.165, 1.54) is 25.7 Å². The maximum Gasteiger partial charge on any atom is 0.310 e. The van der Waals surface area contributed by atoms with Gasteiger partial charge in [0.1, 0.15) is 6.10 Å². The first-order valence-corrected chi connectivity index (χ1v) is 10.9. The van der Waals surface area contributed by atoms with Crippen LogP contribution in [0.25, 0.3) is 0 Å². The zero-order chi connectivity index (χ0) is 19.4. The number of ether oxygens (including phenoxy) is 2. The molecule has 3 atom stereocenters. The normalized spacial score (nSPS) is 21.4. The Balaban J connectivity index is 2.43. The van der Waals surface area contributed by atoms with Crippen LogP contribution in [0.3, 0.4) is 0 Å². The van der Waals surface area contributed by atoms with Crippen LogP contribution in [0.1, 0.15) is 98.3 Å². The molecule has 1 fully saturated rings. The van der Waals surface area contributed by atoms with Crippen LogP contribution in [-0.2, 0) is 19.1 Å². The van der Waals surface area contributed by atoms with Gasteiger partial charge < -0.3 is 9.47 Å². The average Bonchev–Trinajstić information content (AvgIpc) is 2.64. The van der Waals surface area contributed by atoms with Crippen molar-refractivity contribution in [1.82, 2.24) is 0 Å². The molecule has 1 saturated carbocycles. The van der Waals surface area contributed by atoms with Gasteiger partial charge in [0.05, 0.1) is 18.4 Å². The summed E-state index contributed by atoms with van der Waals surface area (Å²) in [6, 6.07) is 0. The van der Waals surface area contributed by atoms with Crippen molar-refractivity contribution in [2.75, 3.05) is 6.61 Å². The van der Waals surface area contributed by atoms with Gasteiger partial charge in [-0.25, -0.2) is 0 Å². The maximum atomic E-state index is 12.6. The molecule has 4 nitrogen and oxygen atoms in total. The van der Waals surface area contributed by atoms with Crippen LogP contribution in [0.4, 0.5) is 0 Å². The fourth-order valence-corrected chi connectivity index (χ4v) is 3.78. The van der Waals surface area contributed by atoms with Crippen LogP contribution in [0.5, 0.6) is 0 Å². The first-order valence-electron chi connectivity index (χ1n) is 10.9. The minimum Gasteiger partial charge on any atom is -0.465 e. The van der Waals surface area contributed by atoms with Gasteiger partial charge in [-0.2, -0.15) is 0 Å². The zero-order valence-corrected chi connectivity index (χ0v) is 17.4. The van der Waals surface area contributed by atoms with Crippen molar-refractivity contribution in [1.29, 1.82) is 0 Å². The fraction of sp³-hybridized carbons (Fsp3) is 0.909. The van der Waals surface area contributed by atoms with E-state index < -0.39 is 0 Å². The van der Waals surface area contributed by atoms with E-state index in [0.29, 0.717) is 12.5 Å². The maximum absolute atomic E-state index is 12.6. The molecule has 0 radical (unpaired) electrons. The summed E-state index contributed by atoms with van der Waals surface area (Å²) in [6.45, 7) is 8.85. The Morgan fingerprint density at radius 1 is 0.885 bits per heavy atom. The highest BCUT2D eigenvalue weighted by Gasteiger charge is 2.38. The summed E-state index contributed by atoms with van der Waals surface area (Å²) in [4.78, 5) is 25.1. The predicted octanol–water partition coefficient (Wildman–Crippen LogP) is 5.67. The molecule has 0 N–H and O–H groups in total. The smallest absolute Gasteiger partial charge is 0.310 e. The third kappa shape index (κ3) is 8.09. The van der Waals surface area contributed by atoms with Crippen LogP contribution in [0, 0.1) is 17.8 Å². The second-order valence-corrected chi connectivity index (χ2v) is 8.06. The topological polar surface area (TPSA) is 52.6 Å². The van der Waals surface area contributed by atoms with Crippen LogP contribution in [-0.4, -0.2) is 24.6 Å². The molecular weight excluding hydrogens is 328 g/mol. The molecule has 152 valence electrons. The molecule has 0 aromatic carbocycles. The summed E-state index contributed by atoms with van der Waals surface area (Å²) < 4.78 is 11.2. The fourth-order valence-electron chi connectivity index (χ4n) is 3.78. The van der Waals surface area contributed by atoms with E-state index in [4.69, 9.17) is 9.47 Å². The molecule has 0 heterocycles. The van der Waals surface area contributed by atoms with Gasteiger partial charge in [0.15, 0.2) is 0 Å². The summed E-state index contributed by atoms with van der Waals surface area (Å²) in [7, 11) is 0. The van der Waals surface area contributed by atoms with Gasteiger partial charge in [0.2, 0.25) is 0 Å². The Morgan fingerprint density at radius 3 is 2.04 bits per heavy atom. The number of esters is 2. The number of hydrogen-bond donors (Lipinski definition) is 0. The van der Waals surface area contributed by atoms with Crippen LogP contribution >= 0.6 is 0 Å². The lowest BCUT2D eigenvalue weighted by molar-refractivity contribution is -0.167. The Kier molecular flexibility index (Phi) is 11.6. The first-order chi connectivity index (χ1) is 12.5. The third-order valence-electron chi connectivity index (χ3n) is 5.53. The molecule has 3 unspecified atom stereocenters. The largest absolute Gasteiger partial charge is 0.465 e. The quantitative estimate of drug-likeness (QED) is 0.329. The standard InChI is InChI=1S/C22H40O4/c1-5-7-8-9-10-13-16-25-21(23)18-14-11-12-15-19(18)22(24)26-20(6-2)17(3)4/h17-20H,5-16H2,1-4H3. The van der Waals surface area contributed by atoms with Crippen molar-refractivity contribution in [2.24, 2.45) is 17.8 Å². The summed E-state index contributed by atoms with van der Waals surface area (Å²) in [6.07, 6.45) is 11.2. The number of carbonyl (C=O) groups excluding carboxylic acids is 2. The van der Waals surface area contributed by atoms with Gasteiger partial charge in [0.25, 0.3) is 0 Å². The average molecular weight is 369 g/mol. The number of unbranched alkanes of at least 4 members (excludes halogenated alkanes) is 5. The lowest BCUT2D eigenvalue weighted by Gasteiger charge is -2.30. The zero-order valence-electron chi connectivity index (χ0n) is 17.4. The molecule has 0 aromatic heterocycles. The van der Waals surface area contributed by atoms with E-state index in [-0.39, 0.29) is 29.9 Å². The first kappa shape index (κ1) is 23.0. The molecule has 4 heteroatoms. The highest BCUT2D eigenvalue weighted by molar-refractivity contribution is 5.82. The number of rotatable bonds is 12. The van der Waals surface area contributed by atoms with Gasteiger partial charge in [-0.15, -0.1) is 0 Å². The Morgan fingerprint density at radius 2 is 1.46 bits per heavy atom. The summed E-state index contributed by atoms with van der Waals surface area (Å²) >= 11 is 0. The highest BCUT2D eigenvalue weighted by Crippen LogP contribution is 2.33. The molecule has 0 aromatic rings. The number of hydrogen-bond acceptors (Lipinski definition) is 4. The lowest BCUT2D eigenvalue weighted by atomic mass is 9.79. The number of carbonyl (C=O) groups is 2. The molecule has 0 amide bonds. The van der Waals surface area contributed by atoms with Gasteiger partial charge >= 0.3 is 11.9 Å². The van der Waals surface area contributed by atoms with Gasteiger partial charge in [-0.05, 0) is 31.6 Å². The highest BCUT2D eigenvalue weighted by atomic mass is 16.5. The van der Waals surface area contributed by atoms with Crippen molar-refractivity contribution in [2.45, 2.75) is 104 Å². The van der Waals surface area contributed by atoms with E-state index in [9.17, 15) is 9.59 Å². The van der Waals surface area contributed by atoms with Crippen LogP contribution < -0.4 is 0 Å². The SMILES string of the molecule is CCCCCCCCOC(=O)C1CCCCC1C(=O)OC(CC)C(C)C. The van der Waals surface area contributed by atoms with E-state index >= 15 is 0 Å². The molecule has 1 aliphatic rings. The van der Waals surface area contributed by atoms with E-state index in [0.717, 1.165) is 44.9 Å². The van der Waals surface area contributed by atoms with Crippen molar-refractivity contribution < 1.29 is 19.1 Å². The van der Waals surface area contributed by atoms with Gasteiger partial charge in [0, 0.05) is 0 Å². The molecule has 0 spiro atoms. The second kappa shape index (κ2) is 13.2. The van der Waals surface area contributed by atoms with Crippen molar-refractivity contribution in [3.63, 3.8) is 0 Å². The van der Waals surface area contributed by atoms with E-state index in [2.05, 4.69) is 20.8 Å². The molecule has 1 aliphatic carbocycles. The lowest BCUT2D eigenvalue weighted by Crippen LogP contribution is -2.37. The Bertz CT molecular complexity index is 405. The van der Waals surface area contributed by atoms with Crippen molar-refractivity contribution in [3.8, 4) is 0 Å². The molecule has 0 saturated heterocycles. The third-order valence-corrected chi connectivity index (χ3v) is 5.53. The van der Waals surface area contributed by atoms with Gasteiger partial charge in [-0.3, -0.25) is 9.59 Å². The van der Waals surface area contributed by atoms with Crippen molar-refractivity contribution in [3.05, 3.63) is 0 Å². The van der Waals surface area contributed by atoms with Crippen LogP contribution in [0.15, 0.2) is 0 Å². The monoisotopic (exact) mass is 368 g/mol. The summed E-state index contributed by atoms with van der Waals surface area (Å²) in [5, 5.41) is 0. The van der Waals surface area contributed by atoms with Crippen molar-refractivity contribution >= 4 is 11.9 Å².